The zero-order valence-electron chi connectivity index (χ0n) is 18.3. The van der Waals surface area contributed by atoms with Crippen LogP contribution in [0.25, 0.3) is 0 Å². The van der Waals surface area contributed by atoms with Crippen molar-refractivity contribution in [2.45, 2.75) is 6.04 Å². The summed E-state index contributed by atoms with van der Waals surface area (Å²) < 4.78 is 0. The summed E-state index contributed by atoms with van der Waals surface area (Å²) in [5.41, 5.74) is 4.68. The van der Waals surface area contributed by atoms with E-state index < -0.39 is 6.04 Å². The molecule has 3 aliphatic carbocycles. The number of hydrogen-bond acceptors (Lipinski definition) is 5. The molecule has 7 rings (SSSR count). The fourth-order valence-electron chi connectivity index (χ4n) is 5.29. The fraction of sp³-hybridized carbons (Fsp3) is 0.0357. The quantitative estimate of drug-likeness (QED) is 0.356. The van der Waals surface area contributed by atoms with Crippen LogP contribution in [0, 0.1) is 0 Å². The summed E-state index contributed by atoms with van der Waals surface area (Å²) in [6, 6.07) is 16.4. The number of carbonyl (C=O) groups is 4. The van der Waals surface area contributed by atoms with Crippen molar-refractivity contribution in [3.05, 3.63) is 117 Å². The Morgan fingerprint density at radius 1 is 0.629 bits per heavy atom. The van der Waals surface area contributed by atoms with Gasteiger partial charge in [-0.15, -0.1) is 0 Å². The molecular weight excluding hydrogens is 494 g/mol. The second-order valence-electron chi connectivity index (χ2n) is 8.64. The second kappa shape index (κ2) is 7.46. The topological polar surface area (TPSA) is 94.3 Å². The van der Waals surface area contributed by atoms with E-state index in [-0.39, 0.29) is 42.6 Å². The van der Waals surface area contributed by atoms with E-state index >= 15 is 0 Å². The maximum absolute atomic E-state index is 13.4. The molecule has 1 atom stereocenters. The van der Waals surface area contributed by atoms with E-state index in [2.05, 4.69) is 10.3 Å². The summed E-state index contributed by atoms with van der Waals surface area (Å²) in [4.78, 5) is 56.3. The third kappa shape index (κ3) is 2.76. The summed E-state index contributed by atoms with van der Waals surface area (Å²) in [6.07, 6.45) is 3.40. The van der Waals surface area contributed by atoms with E-state index in [9.17, 15) is 19.2 Å². The van der Waals surface area contributed by atoms with Gasteiger partial charge >= 0.3 is 0 Å². The van der Waals surface area contributed by atoms with Crippen LogP contribution in [-0.4, -0.2) is 34.9 Å². The minimum Gasteiger partial charge on any atom is -0.364 e. The smallest absolute Gasteiger partial charge is 0.239 e. The molecule has 0 saturated heterocycles. The van der Waals surface area contributed by atoms with Gasteiger partial charge in [-0.25, -0.2) is 4.99 Å². The largest absolute Gasteiger partial charge is 0.364 e. The number of nitrogens with one attached hydrogen (secondary N) is 2. The van der Waals surface area contributed by atoms with Gasteiger partial charge in [0.05, 0.1) is 0 Å². The molecule has 0 radical (unpaired) electrons. The average molecular weight is 509 g/mol. The number of Topliss-reactive ketones (excluding diaryl/α,β-unsaturated/α-hetero) is 2. The predicted molar refractivity (Wildman–Crippen MR) is 124 cm³/mol. The van der Waals surface area contributed by atoms with E-state index in [1.54, 1.807) is 72.8 Å². The molecule has 3 aromatic carbocycles. The zero-order chi connectivity index (χ0) is 23.1. The number of ketones is 4. The van der Waals surface area contributed by atoms with Gasteiger partial charge in [-0.1, -0.05) is 48.5 Å². The van der Waals surface area contributed by atoms with Crippen LogP contribution < -0.4 is 10.3 Å². The maximum atomic E-state index is 13.4. The van der Waals surface area contributed by atoms with Crippen LogP contribution in [0.15, 0.2) is 84.0 Å². The maximum Gasteiger partial charge on any atom is 0.239 e. The first kappa shape index (κ1) is 21.4. The Balaban J connectivity index is 0.00000229. The molecule has 2 N–H and O–H groups in total. The molecule has 1 aliphatic heterocycles. The van der Waals surface area contributed by atoms with Gasteiger partial charge in [-0.05, 0) is 18.2 Å². The standard InChI is InChI=1S/C28H14N2O4.Zn/c31-25-13-5-1-3-7-15(13)27(33)21-17(25)9-11-19-23(21)29-20-12-10-18-22(24(20)30-19)28(34)16-8-4-2-6-14(16)26(18)32;/h1-12,23,29H;/p+1. The van der Waals surface area contributed by atoms with Crippen molar-refractivity contribution in [1.82, 2.24) is 0 Å². The van der Waals surface area contributed by atoms with Crippen LogP contribution in [0.3, 0.4) is 0 Å². The van der Waals surface area contributed by atoms with Crippen molar-refractivity contribution < 1.29 is 43.6 Å². The first-order chi connectivity index (χ1) is 16.5. The van der Waals surface area contributed by atoms with Crippen LogP contribution in [0.4, 0.5) is 11.4 Å². The Labute approximate surface area is 212 Å². The molecule has 7 heteroatoms. The summed E-state index contributed by atoms with van der Waals surface area (Å²) in [5, 5.41) is 3.34. The van der Waals surface area contributed by atoms with Crippen LogP contribution in [0.2, 0.25) is 0 Å². The number of carbonyl (C=O) groups excluding carboxylic acids is 4. The molecule has 0 spiro atoms. The van der Waals surface area contributed by atoms with Crippen LogP contribution in [0.1, 0.15) is 52.6 Å². The van der Waals surface area contributed by atoms with E-state index in [1.165, 1.54) is 0 Å². The van der Waals surface area contributed by atoms with Gasteiger partial charge in [0.15, 0.2) is 17.3 Å². The summed E-state index contributed by atoms with van der Waals surface area (Å²) in [7, 11) is 0. The first-order valence-electron chi connectivity index (χ1n) is 10.9. The van der Waals surface area contributed by atoms with E-state index in [4.69, 9.17) is 0 Å². The third-order valence-corrected chi connectivity index (χ3v) is 6.89. The molecule has 6 nitrogen and oxygen atoms in total. The van der Waals surface area contributed by atoms with Crippen molar-refractivity contribution in [2.24, 2.45) is 0 Å². The van der Waals surface area contributed by atoms with Gasteiger partial charge in [0, 0.05) is 64.5 Å². The zero-order valence-corrected chi connectivity index (χ0v) is 21.3. The number of allylic oxidation sites excluding steroid dienone is 2. The molecule has 0 bridgehead atoms. The predicted octanol–water partition coefficient (Wildman–Crippen LogP) is 2.35. The second-order valence-corrected chi connectivity index (χ2v) is 8.64. The minimum atomic E-state index is -0.572. The summed E-state index contributed by atoms with van der Waals surface area (Å²) in [6.45, 7) is 0. The van der Waals surface area contributed by atoms with Gasteiger partial charge in [-0.3, -0.25) is 19.2 Å². The van der Waals surface area contributed by atoms with Gasteiger partial charge < -0.3 is 5.32 Å². The number of hydrogen-bond donors (Lipinski definition) is 2. The normalized spacial score (nSPS) is 18.7. The molecule has 35 heavy (non-hydrogen) atoms. The monoisotopic (exact) mass is 507 g/mol. The molecule has 0 amide bonds. The molecule has 0 saturated carbocycles. The Kier molecular flexibility index (Phi) is 4.57. The van der Waals surface area contributed by atoms with Gasteiger partial charge in [0.25, 0.3) is 0 Å². The summed E-state index contributed by atoms with van der Waals surface area (Å²) in [5.74, 6) is -0.812. The molecule has 1 unspecified atom stereocenters. The van der Waals surface area contributed by atoms with Gasteiger partial charge in [-0.2, -0.15) is 0 Å². The van der Waals surface area contributed by atoms with Gasteiger partial charge in [0.2, 0.25) is 17.2 Å². The molecule has 4 aliphatic rings. The Morgan fingerprint density at radius 3 is 1.91 bits per heavy atom. The SMILES string of the molecule is O=C1C2=C(C(=O)c3ccccc31)C1Nc3ccc4c(c3[NH+]=C1C=C2)C(=O)c1ccccc1C4=O.[Zn]. The number of rotatable bonds is 0. The molecule has 1 heterocycles. The van der Waals surface area contributed by atoms with Gasteiger partial charge in [0.1, 0.15) is 17.3 Å². The first-order valence-corrected chi connectivity index (χ1v) is 10.9. The molecule has 162 valence electrons. The summed E-state index contributed by atoms with van der Waals surface area (Å²) >= 11 is 0. The average Bonchev–Trinajstić information content (AvgIpc) is 2.88. The fourth-order valence-corrected chi connectivity index (χ4v) is 5.29. The van der Waals surface area contributed by atoms with Crippen molar-refractivity contribution in [3.63, 3.8) is 0 Å². The van der Waals surface area contributed by atoms with Crippen LogP contribution in [0.5, 0.6) is 0 Å². The van der Waals surface area contributed by atoms with Crippen molar-refractivity contribution in [3.8, 4) is 0 Å². The van der Waals surface area contributed by atoms with E-state index in [0.29, 0.717) is 61.6 Å². The van der Waals surface area contributed by atoms with Crippen LogP contribution in [-0.2, 0) is 19.5 Å². The Bertz CT molecular complexity index is 1660. The minimum absolute atomic E-state index is 0. The number of fused-ring (bicyclic) bond motifs is 7. The Hall–Kier alpha value is -4.09. The molecule has 0 fully saturated rings. The van der Waals surface area contributed by atoms with E-state index in [0.717, 1.165) is 0 Å². The number of benzene rings is 3. The number of anilines is 1. The molecule has 0 aromatic heterocycles. The molecule has 3 aromatic rings. The Morgan fingerprint density at radius 2 is 1.23 bits per heavy atom. The van der Waals surface area contributed by atoms with Crippen molar-refractivity contribution >= 4 is 40.2 Å². The van der Waals surface area contributed by atoms with Crippen LogP contribution >= 0.6 is 0 Å². The molecular formula is C28H15N2O4Zn+. The van der Waals surface area contributed by atoms with Crippen molar-refractivity contribution in [1.29, 1.82) is 0 Å². The third-order valence-electron chi connectivity index (χ3n) is 6.89. The van der Waals surface area contributed by atoms with Crippen molar-refractivity contribution in [2.75, 3.05) is 5.32 Å². The van der Waals surface area contributed by atoms with E-state index in [1.807, 2.05) is 0 Å².